The van der Waals surface area contributed by atoms with Gasteiger partial charge in [-0.1, -0.05) is 13.8 Å². The van der Waals surface area contributed by atoms with E-state index < -0.39 is 17.4 Å². The van der Waals surface area contributed by atoms with Gasteiger partial charge in [-0.2, -0.15) is 5.26 Å². The van der Waals surface area contributed by atoms with Gasteiger partial charge in [0.1, 0.15) is 11.2 Å². The highest BCUT2D eigenvalue weighted by Gasteiger charge is 2.49. The molecule has 0 bridgehead atoms. The lowest BCUT2D eigenvalue weighted by atomic mass is 9.88. The Morgan fingerprint density at radius 2 is 2.00 bits per heavy atom. The summed E-state index contributed by atoms with van der Waals surface area (Å²) in [6, 6.07) is 5.09. The van der Waals surface area contributed by atoms with Crippen LogP contribution in [0.25, 0.3) is 0 Å². The molecular weight excluding hydrogens is 258 g/mol. The van der Waals surface area contributed by atoms with Crippen molar-refractivity contribution in [2.24, 2.45) is 5.92 Å². The van der Waals surface area contributed by atoms with E-state index in [1.54, 1.807) is 20.8 Å². The van der Waals surface area contributed by atoms with Gasteiger partial charge < -0.3 is 4.74 Å². The number of nitrogens with zero attached hydrogens (tertiary/aromatic N) is 3. The maximum Gasteiger partial charge on any atom is 0.281 e. The molecule has 1 atom stereocenters. The number of aromatic nitrogens is 1. The van der Waals surface area contributed by atoms with Gasteiger partial charge in [-0.15, -0.1) is 0 Å². The van der Waals surface area contributed by atoms with Crippen LogP contribution in [0.1, 0.15) is 41.6 Å². The van der Waals surface area contributed by atoms with Crippen LogP contribution < -0.4 is 4.74 Å². The molecule has 0 fully saturated rings. The van der Waals surface area contributed by atoms with Gasteiger partial charge in [-0.3, -0.25) is 14.5 Å². The second-order valence-electron chi connectivity index (χ2n) is 5.11. The third-order valence-electron chi connectivity index (χ3n) is 3.73. The van der Waals surface area contributed by atoms with E-state index in [1.807, 2.05) is 0 Å². The van der Waals surface area contributed by atoms with Crippen molar-refractivity contribution in [1.29, 1.82) is 5.26 Å². The molecule has 6 heteroatoms. The lowest BCUT2D eigenvalue weighted by Gasteiger charge is -2.34. The number of hydrogen-bond acceptors (Lipinski definition) is 5. The van der Waals surface area contributed by atoms with Crippen molar-refractivity contribution in [2.45, 2.75) is 26.3 Å². The van der Waals surface area contributed by atoms with Gasteiger partial charge in [0.25, 0.3) is 11.8 Å². The van der Waals surface area contributed by atoms with Gasteiger partial charge in [-0.25, -0.2) is 4.98 Å². The Labute approximate surface area is 117 Å². The Morgan fingerprint density at radius 1 is 1.35 bits per heavy atom. The monoisotopic (exact) mass is 273 g/mol. The molecule has 0 saturated heterocycles. The Kier molecular flexibility index (Phi) is 3.22. The average molecular weight is 273 g/mol. The number of pyridine rings is 1. The van der Waals surface area contributed by atoms with Crippen LogP contribution in [0.2, 0.25) is 0 Å². The molecule has 6 nitrogen and oxygen atoms in total. The Morgan fingerprint density at radius 3 is 2.50 bits per heavy atom. The fourth-order valence-electron chi connectivity index (χ4n) is 2.07. The summed E-state index contributed by atoms with van der Waals surface area (Å²) >= 11 is 0. The minimum Gasteiger partial charge on any atom is -0.481 e. The van der Waals surface area contributed by atoms with Crippen molar-refractivity contribution in [2.75, 3.05) is 7.11 Å². The van der Waals surface area contributed by atoms with Crippen molar-refractivity contribution in [3.8, 4) is 11.9 Å². The van der Waals surface area contributed by atoms with Crippen LogP contribution in [-0.2, 0) is 0 Å². The van der Waals surface area contributed by atoms with Crippen molar-refractivity contribution in [3.05, 3.63) is 23.4 Å². The fraction of sp³-hybridized carbons (Fsp3) is 0.429. The highest BCUT2D eigenvalue weighted by atomic mass is 16.5. The molecule has 2 heterocycles. The molecule has 1 aliphatic rings. The van der Waals surface area contributed by atoms with E-state index in [9.17, 15) is 14.9 Å². The minimum atomic E-state index is -1.21. The predicted molar refractivity (Wildman–Crippen MR) is 70.1 cm³/mol. The van der Waals surface area contributed by atoms with Gasteiger partial charge in [0, 0.05) is 6.07 Å². The van der Waals surface area contributed by atoms with E-state index in [0.29, 0.717) is 0 Å². The zero-order valence-electron chi connectivity index (χ0n) is 11.8. The molecule has 0 N–H and O–H groups in total. The highest BCUT2D eigenvalue weighted by Crippen LogP contribution is 2.33. The third kappa shape index (κ3) is 1.74. The van der Waals surface area contributed by atoms with Gasteiger partial charge in [0.15, 0.2) is 0 Å². The van der Waals surface area contributed by atoms with E-state index >= 15 is 0 Å². The molecule has 2 amide bonds. The SMILES string of the molecule is COc1ccc2c(n1)C(=O)N(C(C)(C#N)C(C)C)C2=O. The number of carbonyl (C=O) groups excluding carboxylic acids is 2. The number of imide groups is 1. The average Bonchev–Trinajstić information content (AvgIpc) is 2.69. The van der Waals surface area contributed by atoms with Crippen LogP contribution in [0.3, 0.4) is 0 Å². The predicted octanol–water partition coefficient (Wildman–Crippen LogP) is 1.62. The van der Waals surface area contributed by atoms with Gasteiger partial charge in [0.2, 0.25) is 5.88 Å². The molecule has 0 saturated carbocycles. The molecule has 20 heavy (non-hydrogen) atoms. The second-order valence-corrected chi connectivity index (χ2v) is 5.11. The minimum absolute atomic E-state index is 0.0384. The standard InChI is InChI=1S/C14H15N3O3/c1-8(2)14(3,7-15)17-12(18)9-5-6-10(20-4)16-11(9)13(17)19/h5-6,8H,1-4H3. The van der Waals surface area contributed by atoms with E-state index in [2.05, 4.69) is 11.1 Å². The summed E-state index contributed by atoms with van der Waals surface area (Å²) in [5.41, 5.74) is -0.961. The molecule has 0 spiro atoms. The molecule has 2 rings (SSSR count). The van der Waals surface area contributed by atoms with Gasteiger partial charge in [0.05, 0.1) is 18.7 Å². The fourth-order valence-corrected chi connectivity index (χ4v) is 2.07. The molecule has 1 aromatic heterocycles. The molecule has 1 aromatic rings. The molecule has 0 aromatic carbocycles. The summed E-state index contributed by atoms with van der Waals surface area (Å²) in [6.07, 6.45) is 0. The first-order valence-corrected chi connectivity index (χ1v) is 6.22. The Balaban J connectivity index is 2.55. The van der Waals surface area contributed by atoms with Crippen molar-refractivity contribution < 1.29 is 14.3 Å². The van der Waals surface area contributed by atoms with Gasteiger partial charge >= 0.3 is 0 Å². The summed E-state index contributed by atoms with van der Waals surface area (Å²) in [5.74, 6) is -0.980. The van der Waals surface area contributed by atoms with Crippen LogP contribution in [0.4, 0.5) is 0 Å². The maximum absolute atomic E-state index is 12.4. The van der Waals surface area contributed by atoms with Crippen LogP contribution in [0, 0.1) is 17.2 Å². The van der Waals surface area contributed by atoms with E-state index in [0.717, 1.165) is 4.90 Å². The number of nitriles is 1. The van der Waals surface area contributed by atoms with Crippen molar-refractivity contribution in [1.82, 2.24) is 9.88 Å². The van der Waals surface area contributed by atoms with Crippen LogP contribution in [0.5, 0.6) is 5.88 Å². The number of amides is 2. The Bertz CT molecular complexity index is 633. The normalized spacial score (nSPS) is 16.9. The molecular formula is C14H15N3O3. The first kappa shape index (κ1) is 14.0. The number of fused-ring (bicyclic) bond motifs is 1. The van der Waals surface area contributed by atoms with Crippen LogP contribution in [0.15, 0.2) is 12.1 Å². The molecule has 104 valence electrons. The number of carbonyl (C=O) groups is 2. The smallest absolute Gasteiger partial charge is 0.281 e. The van der Waals surface area contributed by atoms with Crippen LogP contribution >= 0.6 is 0 Å². The lowest BCUT2D eigenvalue weighted by Crippen LogP contribution is -2.52. The molecule has 1 unspecified atom stereocenters. The van der Waals surface area contributed by atoms with E-state index in [4.69, 9.17) is 4.74 Å². The van der Waals surface area contributed by atoms with Gasteiger partial charge in [-0.05, 0) is 18.9 Å². The zero-order chi connectivity index (χ0) is 15.1. The molecule has 0 aliphatic carbocycles. The molecule has 1 aliphatic heterocycles. The lowest BCUT2D eigenvalue weighted by molar-refractivity contribution is 0.0463. The number of ether oxygens (including phenoxy) is 1. The zero-order valence-corrected chi connectivity index (χ0v) is 11.8. The van der Waals surface area contributed by atoms with E-state index in [-0.39, 0.29) is 23.1 Å². The van der Waals surface area contributed by atoms with Crippen molar-refractivity contribution in [3.63, 3.8) is 0 Å². The van der Waals surface area contributed by atoms with Crippen LogP contribution in [-0.4, -0.2) is 34.3 Å². The van der Waals surface area contributed by atoms with E-state index in [1.165, 1.54) is 19.2 Å². The second kappa shape index (κ2) is 4.60. The number of rotatable bonds is 3. The first-order chi connectivity index (χ1) is 9.36. The summed E-state index contributed by atoms with van der Waals surface area (Å²) < 4.78 is 4.96. The Hall–Kier alpha value is -2.42. The quantitative estimate of drug-likeness (QED) is 0.781. The summed E-state index contributed by atoms with van der Waals surface area (Å²) in [5, 5.41) is 9.39. The highest BCUT2D eigenvalue weighted by molar-refractivity contribution is 6.21. The summed E-state index contributed by atoms with van der Waals surface area (Å²) in [7, 11) is 1.43. The maximum atomic E-state index is 12.4. The topological polar surface area (TPSA) is 83.3 Å². The number of hydrogen-bond donors (Lipinski definition) is 0. The largest absolute Gasteiger partial charge is 0.481 e. The summed E-state index contributed by atoms with van der Waals surface area (Å²) in [6.45, 7) is 5.16. The third-order valence-corrected chi connectivity index (χ3v) is 3.73. The molecule has 0 radical (unpaired) electrons. The van der Waals surface area contributed by atoms with Crippen molar-refractivity contribution >= 4 is 11.8 Å². The number of methoxy groups -OCH3 is 1. The first-order valence-electron chi connectivity index (χ1n) is 6.22. The summed E-state index contributed by atoms with van der Waals surface area (Å²) in [4.78, 5) is 29.8.